The van der Waals surface area contributed by atoms with Crippen LogP contribution >= 0.6 is 15.9 Å². The van der Waals surface area contributed by atoms with Crippen LogP contribution in [0.4, 0.5) is 0 Å². The van der Waals surface area contributed by atoms with E-state index in [1.54, 1.807) is 0 Å². The molecule has 3 heteroatoms. The molecule has 0 radical (unpaired) electrons. The van der Waals surface area contributed by atoms with Crippen LogP contribution in [0, 0.1) is 5.92 Å². The maximum Gasteiger partial charge on any atom is 0.0528 e. The molecule has 0 aromatic carbocycles. The Bertz CT molecular complexity index is 158. The van der Waals surface area contributed by atoms with Gasteiger partial charge in [0.25, 0.3) is 0 Å². The summed E-state index contributed by atoms with van der Waals surface area (Å²) in [6, 6.07) is 0.623. The fourth-order valence-electron chi connectivity index (χ4n) is 1.70. The molecular weight excluding hydrogens is 192 g/mol. The highest BCUT2D eigenvalue weighted by molar-refractivity contribution is 9.09. The summed E-state index contributed by atoms with van der Waals surface area (Å²) in [7, 11) is 0. The molecule has 1 fully saturated rings. The van der Waals surface area contributed by atoms with Crippen molar-refractivity contribution < 1.29 is 0 Å². The Balaban J connectivity index is 2.01. The fourth-order valence-corrected chi connectivity index (χ4v) is 2.37. The van der Waals surface area contributed by atoms with Gasteiger partial charge in [-0.1, -0.05) is 15.9 Å². The molecule has 1 N–H and O–H groups in total. The molecule has 3 unspecified atom stereocenters. The van der Waals surface area contributed by atoms with E-state index in [1.165, 1.54) is 19.3 Å². The number of hydrogen-bond donors (Lipinski definition) is 1. The lowest BCUT2D eigenvalue weighted by molar-refractivity contribution is 0.366. The fraction of sp³-hybridized carbons (Fsp3) is 0.857. The third-order valence-corrected chi connectivity index (χ3v) is 3.18. The molecule has 1 aliphatic carbocycles. The monoisotopic (exact) mass is 202 g/mol. The minimum atomic E-state index is 0.623. The summed E-state index contributed by atoms with van der Waals surface area (Å²) in [5.41, 5.74) is 3.13. The Morgan fingerprint density at radius 2 is 2.40 bits per heavy atom. The number of hydrazone groups is 1. The van der Waals surface area contributed by atoms with Crippen molar-refractivity contribution in [2.75, 3.05) is 0 Å². The van der Waals surface area contributed by atoms with Gasteiger partial charge in [-0.05, 0) is 19.3 Å². The highest BCUT2D eigenvalue weighted by Gasteiger charge is 2.30. The second-order valence-electron chi connectivity index (χ2n) is 3.09. The van der Waals surface area contributed by atoms with Crippen LogP contribution in [0.3, 0.4) is 0 Å². The predicted molar refractivity (Wildman–Crippen MR) is 45.5 cm³/mol. The van der Waals surface area contributed by atoms with E-state index in [4.69, 9.17) is 0 Å². The quantitative estimate of drug-likeness (QED) is 0.593. The Kier molecular flexibility index (Phi) is 1.68. The van der Waals surface area contributed by atoms with Crippen molar-refractivity contribution in [3.63, 3.8) is 0 Å². The van der Waals surface area contributed by atoms with Crippen molar-refractivity contribution in [2.45, 2.75) is 30.1 Å². The van der Waals surface area contributed by atoms with Crippen LogP contribution in [-0.4, -0.2) is 17.1 Å². The Labute approximate surface area is 69.2 Å². The van der Waals surface area contributed by atoms with E-state index in [2.05, 4.69) is 32.7 Å². The van der Waals surface area contributed by atoms with Crippen LogP contribution in [0.2, 0.25) is 0 Å². The van der Waals surface area contributed by atoms with Gasteiger partial charge in [-0.25, -0.2) is 0 Å². The van der Waals surface area contributed by atoms with Crippen LogP contribution in [0.1, 0.15) is 19.3 Å². The summed E-state index contributed by atoms with van der Waals surface area (Å²) in [5.74, 6) is 0.716. The molecule has 1 aliphatic heterocycles. The summed E-state index contributed by atoms with van der Waals surface area (Å²) in [6.07, 6.45) is 5.88. The number of hydrogen-bond acceptors (Lipinski definition) is 2. The predicted octanol–water partition coefficient (Wildman–Crippen LogP) is 1.51. The second-order valence-corrected chi connectivity index (χ2v) is 4.38. The van der Waals surface area contributed by atoms with Gasteiger partial charge in [0.15, 0.2) is 0 Å². The van der Waals surface area contributed by atoms with Gasteiger partial charge in [0.1, 0.15) is 0 Å². The molecule has 0 aromatic heterocycles. The number of halogens is 1. The number of nitrogens with one attached hydrogen (secondary N) is 1. The standard InChI is InChI=1S/C7H11BrN2/c8-6-2-1-5-4-9-10-7(5)3-6/h4-7,10H,1-3H2. The molecule has 3 atom stereocenters. The van der Waals surface area contributed by atoms with E-state index < -0.39 is 0 Å². The van der Waals surface area contributed by atoms with Crippen molar-refractivity contribution in [3.8, 4) is 0 Å². The Morgan fingerprint density at radius 1 is 1.50 bits per heavy atom. The summed E-state index contributed by atoms with van der Waals surface area (Å²) >= 11 is 3.63. The number of rotatable bonds is 0. The lowest BCUT2D eigenvalue weighted by atomic mass is 9.86. The van der Waals surface area contributed by atoms with Crippen molar-refractivity contribution in [2.24, 2.45) is 11.0 Å². The average Bonchev–Trinajstić information content (AvgIpc) is 2.33. The van der Waals surface area contributed by atoms with Crippen LogP contribution in [0.15, 0.2) is 5.10 Å². The number of fused-ring (bicyclic) bond motifs is 1. The van der Waals surface area contributed by atoms with Crippen molar-refractivity contribution >= 4 is 22.1 Å². The summed E-state index contributed by atoms with van der Waals surface area (Å²) in [4.78, 5) is 0.711. The molecule has 0 bridgehead atoms. The van der Waals surface area contributed by atoms with E-state index in [-0.39, 0.29) is 0 Å². The second kappa shape index (κ2) is 2.53. The van der Waals surface area contributed by atoms with Crippen LogP contribution in [0.25, 0.3) is 0 Å². The summed E-state index contributed by atoms with van der Waals surface area (Å²) in [6.45, 7) is 0. The highest BCUT2D eigenvalue weighted by Crippen LogP contribution is 2.29. The molecule has 2 nitrogen and oxygen atoms in total. The molecule has 0 amide bonds. The van der Waals surface area contributed by atoms with Crippen LogP contribution in [0.5, 0.6) is 0 Å². The molecule has 2 rings (SSSR count). The zero-order chi connectivity index (χ0) is 6.97. The van der Waals surface area contributed by atoms with Crippen LogP contribution in [-0.2, 0) is 0 Å². The minimum absolute atomic E-state index is 0.623. The Morgan fingerprint density at radius 3 is 3.30 bits per heavy atom. The van der Waals surface area contributed by atoms with E-state index in [9.17, 15) is 0 Å². The van der Waals surface area contributed by atoms with Crippen molar-refractivity contribution in [1.29, 1.82) is 0 Å². The molecule has 0 aromatic rings. The normalized spacial score (nSPS) is 44.7. The van der Waals surface area contributed by atoms with Gasteiger partial charge in [-0.2, -0.15) is 5.10 Å². The first-order valence-electron chi connectivity index (χ1n) is 3.79. The Hall–Kier alpha value is -0.0500. The van der Waals surface area contributed by atoms with E-state index in [0.29, 0.717) is 16.8 Å². The topological polar surface area (TPSA) is 24.4 Å². The number of nitrogens with zero attached hydrogens (tertiary/aromatic N) is 1. The molecule has 0 spiro atoms. The van der Waals surface area contributed by atoms with Gasteiger partial charge in [0.05, 0.1) is 6.04 Å². The molecule has 0 saturated heterocycles. The molecule has 56 valence electrons. The van der Waals surface area contributed by atoms with E-state index >= 15 is 0 Å². The third kappa shape index (κ3) is 1.07. The number of alkyl halides is 1. The van der Waals surface area contributed by atoms with Gasteiger partial charge in [0.2, 0.25) is 0 Å². The van der Waals surface area contributed by atoms with Crippen molar-refractivity contribution in [3.05, 3.63) is 0 Å². The van der Waals surface area contributed by atoms with Gasteiger partial charge >= 0.3 is 0 Å². The zero-order valence-corrected chi connectivity index (χ0v) is 7.34. The highest BCUT2D eigenvalue weighted by atomic mass is 79.9. The van der Waals surface area contributed by atoms with Crippen molar-refractivity contribution in [1.82, 2.24) is 5.43 Å². The van der Waals surface area contributed by atoms with E-state index in [1.807, 2.05) is 0 Å². The molecule has 2 aliphatic rings. The summed E-state index contributed by atoms with van der Waals surface area (Å²) < 4.78 is 0. The average molecular weight is 203 g/mol. The molecular formula is C7H11BrN2. The first kappa shape index (κ1) is 6.65. The lowest BCUT2D eigenvalue weighted by Gasteiger charge is -2.26. The largest absolute Gasteiger partial charge is 0.307 e. The first-order valence-corrected chi connectivity index (χ1v) is 4.70. The van der Waals surface area contributed by atoms with Crippen LogP contribution < -0.4 is 5.43 Å². The first-order chi connectivity index (χ1) is 4.86. The SMILES string of the molecule is BrC1CCC2C=NNC2C1. The van der Waals surface area contributed by atoms with Gasteiger partial charge < -0.3 is 5.43 Å². The van der Waals surface area contributed by atoms with Gasteiger partial charge in [-0.3, -0.25) is 0 Å². The lowest BCUT2D eigenvalue weighted by Crippen LogP contribution is -2.34. The molecule has 1 heterocycles. The summed E-state index contributed by atoms with van der Waals surface area (Å²) in [5, 5.41) is 4.07. The van der Waals surface area contributed by atoms with E-state index in [0.717, 1.165) is 0 Å². The van der Waals surface area contributed by atoms with Gasteiger partial charge in [0, 0.05) is 17.0 Å². The maximum atomic E-state index is 4.07. The van der Waals surface area contributed by atoms with Gasteiger partial charge in [-0.15, -0.1) is 0 Å². The maximum absolute atomic E-state index is 4.07. The smallest absolute Gasteiger partial charge is 0.0528 e. The minimum Gasteiger partial charge on any atom is -0.307 e. The third-order valence-electron chi connectivity index (χ3n) is 2.35. The zero-order valence-electron chi connectivity index (χ0n) is 5.76. The molecule has 1 saturated carbocycles. The molecule has 10 heavy (non-hydrogen) atoms.